The van der Waals surface area contributed by atoms with Crippen LogP contribution >= 0.6 is 0 Å². The van der Waals surface area contributed by atoms with E-state index in [4.69, 9.17) is 13.3 Å². The maximum absolute atomic E-state index is 13.0. The van der Waals surface area contributed by atoms with Crippen molar-refractivity contribution >= 4 is 9.53 Å². The van der Waals surface area contributed by atoms with E-state index < -0.39 is 27.0 Å². The van der Waals surface area contributed by atoms with Crippen LogP contribution in [0.3, 0.4) is 0 Å². The Kier molecular flexibility index (Phi) is 7.95. The summed E-state index contributed by atoms with van der Waals surface area (Å²) in [5.41, 5.74) is 0.459. The molecule has 1 unspecified atom stereocenters. The molecule has 21 heavy (non-hydrogen) atoms. The van der Waals surface area contributed by atoms with Crippen molar-refractivity contribution in [2.24, 2.45) is 0 Å². The molecular weight excluding hydrogens is 301 g/mol. The van der Waals surface area contributed by atoms with Crippen molar-refractivity contribution in [1.82, 2.24) is 0 Å². The van der Waals surface area contributed by atoms with Crippen LogP contribution in [0.4, 0.5) is 13.2 Å². The van der Waals surface area contributed by atoms with Crippen molar-refractivity contribution < 1.29 is 26.4 Å². The molecule has 0 saturated carbocycles. The van der Waals surface area contributed by atoms with E-state index in [1.54, 1.807) is 14.2 Å². The van der Waals surface area contributed by atoms with Crippen LogP contribution in [-0.4, -0.2) is 29.9 Å². The number of hydrogen-bond donors (Lipinski definition) is 0. The van der Waals surface area contributed by atoms with E-state index >= 15 is 0 Å². The molecule has 0 saturated heterocycles. The molecule has 0 aromatic heterocycles. The second-order valence-corrected chi connectivity index (χ2v) is 6.62. The van der Waals surface area contributed by atoms with Crippen LogP contribution in [0, 0.1) is 17.5 Å². The van der Waals surface area contributed by atoms with Gasteiger partial charge in [0, 0.05) is 20.3 Å². The summed E-state index contributed by atoms with van der Waals surface area (Å²) in [5, 5.41) is 0. The first-order valence-corrected chi connectivity index (χ1v) is 8.23. The van der Waals surface area contributed by atoms with Crippen LogP contribution < -0.4 is 0 Å². The van der Waals surface area contributed by atoms with Crippen LogP contribution in [0.5, 0.6) is 0 Å². The number of aryl methyl sites for hydroxylation is 1. The van der Waals surface area contributed by atoms with Gasteiger partial charge in [-0.1, -0.05) is 6.42 Å². The maximum Gasteiger partial charge on any atom is 0.483 e. The summed E-state index contributed by atoms with van der Waals surface area (Å²) < 4.78 is 54.6. The zero-order valence-corrected chi connectivity index (χ0v) is 13.7. The SMILES string of the molecule is CO[SiH](OC)OC(C)CCCCc1cc(F)c(F)c(F)c1. The van der Waals surface area contributed by atoms with Crippen molar-refractivity contribution in [3.8, 4) is 0 Å². The predicted octanol–water partition coefficient (Wildman–Crippen LogP) is 3.23. The second kappa shape index (κ2) is 9.19. The standard InChI is InChI=1S/C14H21F3O3Si/c1-10(20-21(18-2)19-3)6-4-5-7-11-8-12(15)14(17)13(16)9-11/h8-10,21H,4-7H2,1-3H3. The van der Waals surface area contributed by atoms with Gasteiger partial charge in [0.2, 0.25) is 0 Å². The van der Waals surface area contributed by atoms with Crippen molar-refractivity contribution in [2.45, 2.75) is 38.7 Å². The van der Waals surface area contributed by atoms with Gasteiger partial charge >= 0.3 is 9.53 Å². The van der Waals surface area contributed by atoms with E-state index in [-0.39, 0.29) is 6.10 Å². The van der Waals surface area contributed by atoms with Crippen LogP contribution in [0.2, 0.25) is 0 Å². The Labute approximate surface area is 125 Å². The summed E-state index contributed by atoms with van der Waals surface area (Å²) in [6, 6.07) is 2.08. The Balaban J connectivity index is 2.31. The predicted molar refractivity (Wildman–Crippen MR) is 75.6 cm³/mol. The zero-order valence-electron chi connectivity index (χ0n) is 12.5. The normalized spacial score (nSPS) is 12.9. The smallest absolute Gasteiger partial charge is 0.379 e. The van der Waals surface area contributed by atoms with Gasteiger partial charge in [-0.3, -0.25) is 0 Å². The minimum atomic E-state index is -2.02. The maximum atomic E-state index is 13.0. The van der Waals surface area contributed by atoms with E-state index in [9.17, 15) is 13.2 Å². The quantitative estimate of drug-likeness (QED) is 0.397. The lowest BCUT2D eigenvalue weighted by molar-refractivity contribution is 0.0893. The van der Waals surface area contributed by atoms with Gasteiger partial charge in [0.1, 0.15) is 0 Å². The minimum Gasteiger partial charge on any atom is -0.379 e. The van der Waals surface area contributed by atoms with Gasteiger partial charge in [0.25, 0.3) is 0 Å². The molecule has 0 aliphatic carbocycles. The first kappa shape index (κ1) is 18.2. The van der Waals surface area contributed by atoms with Crippen molar-refractivity contribution in [3.05, 3.63) is 35.1 Å². The highest BCUT2D eigenvalue weighted by atomic mass is 28.3. The van der Waals surface area contributed by atoms with Crippen LogP contribution in [-0.2, 0) is 19.7 Å². The fourth-order valence-electron chi connectivity index (χ4n) is 1.98. The summed E-state index contributed by atoms with van der Waals surface area (Å²) >= 11 is 0. The topological polar surface area (TPSA) is 27.7 Å². The molecule has 1 atom stereocenters. The molecule has 120 valence electrons. The van der Waals surface area contributed by atoms with Crippen molar-refractivity contribution in [2.75, 3.05) is 14.2 Å². The monoisotopic (exact) mass is 322 g/mol. The van der Waals surface area contributed by atoms with E-state index in [0.717, 1.165) is 31.4 Å². The Bertz CT molecular complexity index is 418. The number of unbranched alkanes of at least 4 members (excludes halogenated alkanes) is 1. The first-order chi connectivity index (χ1) is 9.97. The zero-order chi connectivity index (χ0) is 15.8. The first-order valence-electron chi connectivity index (χ1n) is 6.82. The average Bonchev–Trinajstić information content (AvgIpc) is 2.46. The number of rotatable bonds is 9. The molecule has 0 N–H and O–H groups in total. The third-order valence-electron chi connectivity index (χ3n) is 3.10. The molecule has 0 spiro atoms. The van der Waals surface area contributed by atoms with Gasteiger partial charge in [-0.15, -0.1) is 0 Å². The van der Waals surface area contributed by atoms with Gasteiger partial charge in [0.05, 0.1) is 0 Å². The third kappa shape index (κ3) is 6.17. The molecule has 0 radical (unpaired) electrons. The lowest BCUT2D eigenvalue weighted by Gasteiger charge is -2.17. The molecule has 1 aromatic rings. The molecule has 7 heteroatoms. The highest BCUT2D eigenvalue weighted by molar-refractivity contribution is 6.36. The molecule has 0 fully saturated rings. The van der Waals surface area contributed by atoms with Gasteiger partial charge in [0.15, 0.2) is 17.5 Å². The summed E-state index contributed by atoms with van der Waals surface area (Å²) in [5.74, 6) is -3.71. The Morgan fingerprint density at radius 1 is 1.05 bits per heavy atom. The Morgan fingerprint density at radius 3 is 2.14 bits per heavy atom. The lowest BCUT2D eigenvalue weighted by Crippen LogP contribution is -2.28. The summed E-state index contributed by atoms with van der Waals surface area (Å²) in [6.45, 7) is 1.93. The molecule has 0 heterocycles. The van der Waals surface area contributed by atoms with Crippen molar-refractivity contribution in [1.29, 1.82) is 0 Å². The van der Waals surface area contributed by atoms with Gasteiger partial charge in [-0.2, -0.15) is 0 Å². The minimum absolute atomic E-state index is 0.00302. The second-order valence-electron chi connectivity index (χ2n) is 4.83. The fraction of sp³-hybridized carbons (Fsp3) is 0.571. The van der Waals surface area contributed by atoms with Gasteiger partial charge in [-0.25, -0.2) is 13.2 Å². The Hall–Kier alpha value is -0.893. The molecule has 0 amide bonds. The van der Waals surface area contributed by atoms with E-state index in [0.29, 0.717) is 12.0 Å². The van der Waals surface area contributed by atoms with Crippen LogP contribution in [0.25, 0.3) is 0 Å². The molecule has 0 aliphatic rings. The largest absolute Gasteiger partial charge is 0.483 e. The van der Waals surface area contributed by atoms with Crippen LogP contribution in [0.1, 0.15) is 31.7 Å². The number of halogens is 3. The molecular formula is C14H21F3O3Si. The fourth-order valence-corrected chi connectivity index (χ4v) is 2.91. The number of hydrogen-bond acceptors (Lipinski definition) is 3. The van der Waals surface area contributed by atoms with E-state index in [1.165, 1.54) is 0 Å². The van der Waals surface area contributed by atoms with E-state index in [1.807, 2.05) is 6.92 Å². The molecule has 3 nitrogen and oxygen atoms in total. The van der Waals surface area contributed by atoms with Gasteiger partial charge < -0.3 is 13.3 Å². The summed E-state index contributed by atoms with van der Waals surface area (Å²) in [6.07, 6.45) is 2.86. The molecule has 0 aliphatic heterocycles. The van der Waals surface area contributed by atoms with Crippen LogP contribution in [0.15, 0.2) is 12.1 Å². The Morgan fingerprint density at radius 2 is 1.62 bits per heavy atom. The lowest BCUT2D eigenvalue weighted by atomic mass is 10.1. The average molecular weight is 322 g/mol. The highest BCUT2D eigenvalue weighted by Gasteiger charge is 2.15. The highest BCUT2D eigenvalue weighted by Crippen LogP contribution is 2.16. The molecule has 0 bridgehead atoms. The summed E-state index contributed by atoms with van der Waals surface area (Å²) in [4.78, 5) is 0. The molecule has 1 rings (SSSR count). The van der Waals surface area contributed by atoms with Crippen molar-refractivity contribution in [3.63, 3.8) is 0 Å². The third-order valence-corrected chi connectivity index (χ3v) is 4.55. The molecule has 1 aromatic carbocycles. The van der Waals surface area contributed by atoms with E-state index in [2.05, 4.69) is 0 Å². The number of benzene rings is 1. The van der Waals surface area contributed by atoms with Gasteiger partial charge in [-0.05, 0) is 43.9 Å². The summed E-state index contributed by atoms with van der Waals surface area (Å²) in [7, 11) is 1.07.